The van der Waals surface area contributed by atoms with Crippen molar-refractivity contribution in [2.45, 2.75) is 32.2 Å². The number of fused-ring (bicyclic) bond motifs is 1. The van der Waals surface area contributed by atoms with Crippen molar-refractivity contribution in [3.8, 4) is 17.0 Å². The lowest BCUT2D eigenvalue weighted by atomic mass is 10.1. The van der Waals surface area contributed by atoms with Crippen molar-refractivity contribution in [2.24, 2.45) is 0 Å². The lowest BCUT2D eigenvalue weighted by Crippen LogP contribution is -2.42. The molecule has 0 bridgehead atoms. The van der Waals surface area contributed by atoms with Gasteiger partial charge in [-0.1, -0.05) is 6.07 Å². The van der Waals surface area contributed by atoms with Gasteiger partial charge in [-0.05, 0) is 55.6 Å². The maximum Gasteiger partial charge on any atom is 0.243 e. The number of piperidine rings is 1. The Bertz CT molecular complexity index is 963. The Morgan fingerprint density at radius 2 is 2.21 bits per heavy atom. The van der Waals surface area contributed by atoms with E-state index in [0.29, 0.717) is 29.3 Å². The van der Waals surface area contributed by atoms with E-state index in [9.17, 15) is 9.50 Å². The van der Waals surface area contributed by atoms with Crippen LogP contribution in [0.4, 0.5) is 10.3 Å². The van der Waals surface area contributed by atoms with Gasteiger partial charge in [-0.3, -0.25) is 4.39 Å². The lowest BCUT2D eigenvalue weighted by molar-refractivity contribution is 0.207. The molecule has 3 heterocycles. The highest BCUT2D eigenvalue weighted by Gasteiger charge is 2.21. The molecule has 0 amide bonds. The molecule has 0 spiro atoms. The molecule has 1 fully saturated rings. The fourth-order valence-corrected chi connectivity index (χ4v) is 4.61. The average Bonchev–Trinajstić information content (AvgIpc) is 3.18. The number of likely N-dealkylation sites (tertiary alicyclic amines) is 1. The fourth-order valence-electron chi connectivity index (χ4n) is 3.76. The molecule has 1 aliphatic rings. The van der Waals surface area contributed by atoms with Crippen molar-refractivity contribution in [1.29, 1.82) is 0 Å². The summed E-state index contributed by atoms with van der Waals surface area (Å²) in [7, 11) is 0. The van der Waals surface area contributed by atoms with Crippen LogP contribution in [0, 0.1) is 6.92 Å². The van der Waals surface area contributed by atoms with E-state index in [2.05, 4.69) is 25.4 Å². The minimum Gasteiger partial charge on any atom is -0.506 e. The molecule has 1 aliphatic heterocycles. The zero-order chi connectivity index (χ0) is 19.5. The summed E-state index contributed by atoms with van der Waals surface area (Å²) in [5, 5.41) is 25.5. The van der Waals surface area contributed by atoms with E-state index in [-0.39, 0.29) is 18.5 Å². The largest absolute Gasteiger partial charge is 0.506 e. The summed E-state index contributed by atoms with van der Waals surface area (Å²) in [6.07, 6.45) is 2.69. The molecule has 8 heteroatoms. The summed E-state index contributed by atoms with van der Waals surface area (Å²) in [4.78, 5) is 6.85. The Morgan fingerprint density at radius 1 is 1.32 bits per heavy atom. The van der Waals surface area contributed by atoms with Gasteiger partial charge in [0.2, 0.25) is 5.95 Å². The van der Waals surface area contributed by atoms with Crippen LogP contribution in [-0.4, -0.2) is 57.5 Å². The summed E-state index contributed by atoms with van der Waals surface area (Å²) in [6.45, 7) is 4.27. The third-order valence-electron chi connectivity index (χ3n) is 5.16. The predicted molar refractivity (Wildman–Crippen MR) is 111 cm³/mol. The minimum atomic E-state index is -0.271. The van der Waals surface area contributed by atoms with Crippen LogP contribution in [0.2, 0.25) is 0 Å². The Kier molecular flexibility index (Phi) is 5.68. The van der Waals surface area contributed by atoms with Gasteiger partial charge < -0.3 is 15.3 Å². The first-order chi connectivity index (χ1) is 13.7. The first-order valence-electron chi connectivity index (χ1n) is 9.61. The van der Waals surface area contributed by atoms with E-state index < -0.39 is 0 Å². The van der Waals surface area contributed by atoms with Gasteiger partial charge in [0.25, 0.3) is 0 Å². The number of aromatic hydroxyl groups is 1. The van der Waals surface area contributed by atoms with Crippen LogP contribution in [0.15, 0.2) is 23.6 Å². The number of halogens is 1. The summed E-state index contributed by atoms with van der Waals surface area (Å²) >= 11 is 1.50. The number of phenols is 1. The van der Waals surface area contributed by atoms with Crippen LogP contribution in [0.25, 0.3) is 21.3 Å². The second-order valence-corrected chi connectivity index (χ2v) is 8.11. The molecule has 4 rings (SSSR count). The first kappa shape index (κ1) is 19.0. The summed E-state index contributed by atoms with van der Waals surface area (Å²) in [5.74, 6) is 0.721. The fraction of sp³-hybridized carbons (Fsp3) is 0.450. The molecule has 2 N–H and O–H groups in total. The molecule has 0 unspecified atom stereocenters. The predicted octanol–water partition coefficient (Wildman–Crippen LogP) is 4.00. The molecule has 148 valence electrons. The van der Waals surface area contributed by atoms with Crippen LogP contribution >= 0.6 is 11.3 Å². The number of anilines is 1. The average molecular weight is 402 g/mol. The van der Waals surface area contributed by atoms with Gasteiger partial charge in [0.15, 0.2) is 0 Å². The number of rotatable bonds is 6. The summed E-state index contributed by atoms with van der Waals surface area (Å²) in [5.41, 5.74) is 1.95. The number of alkyl halides is 1. The molecule has 28 heavy (non-hydrogen) atoms. The van der Waals surface area contributed by atoms with E-state index in [1.165, 1.54) is 11.3 Å². The monoisotopic (exact) mass is 401 g/mol. The van der Waals surface area contributed by atoms with Crippen molar-refractivity contribution in [3.63, 3.8) is 0 Å². The Hall–Kier alpha value is -2.32. The van der Waals surface area contributed by atoms with Gasteiger partial charge in [0.05, 0.1) is 17.1 Å². The van der Waals surface area contributed by atoms with Crippen molar-refractivity contribution in [2.75, 3.05) is 31.6 Å². The normalized spacial score (nSPS) is 17.9. The summed E-state index contributed by atoms with van der Waals surface area (Å²) < 4.78 is 13.3. The Morgan fingerprint density at radius 3 is 3.04 bits per heavy atom. The van der Waals surface area contributed by atoms with Crippen LogP contribution in [0.5, 0.6) is 5.75 Å². The molecule has 1 aromatic carbocycles. The molecule has 0 saturated carbocycles. The van der Waals surface area contributed by atoms with Gasteiger partial charge in [0.1, 0.15) is 11.4 Å². The van der Waals surface area contributed by atoms with Crippen molar-refractivity contribution in [1.82, 2.24) is 20.1 Å². The van der Waals surface area contributed by atoms with Crippen LogP contribution in [0.3, 0.4) is 0 Å². The zero-order valence-electron chi connectivity index (χ0n) is 15.9. The maximum absolute atomic E-state index is 12.4. The van der Waals surface area contributed by atoms with Crippen molar-refractivity contribution in [3.05, 3.63) is 29.3 Å². The van der Waals surface area contributed by atoms with Crippen LogP contribution < -0.4 is 5.32 Å². The molecule has 2 aromatic heterocycles. The standard InChI is InChI=1S/C20H24FN5OS/c1-13-17(16-6-5-14-7-11-28-19(14)18(16)27)24-25-20(22-13)23-15-4-2-9-26(12-15)10-3-8-21/h5-7,11,15,27H,2-4,8-10,12H2,1H3,(H,22,23,25)/t15-/m1/s1. The van der Waals surface area contributed by atoms with Gasteiger partial charge in [-0.2, -0.15) is 0 Å². The molecular formula is C20H24FN5OS. The Labute approximate surface area is 167 Å². The first-order valence-corrected chi connectivity index (χ1v) is 10.5. The van der Waals surface area contributed by atoms with Crippen molar-refractivity contribution < 1.29 is 9.50 Å². The highest BCUT2D eigenvalue weighted by molar-refractivity contribution is 7.17. The number of aromatic nitrogens is 3. The third-order valence-corrected chi connectivity index (χ3v) is 6.10. The molecule has 3 aromatic rings. The minimum absolute atomic E-state index is 0.225. The van der Waals surface area contributed by atoms with Gasteiger partial charge in [-0.15, -0.1) is 21.5 Å². The molecular weight excluding hydrogens is 377 g/mol. The van der Waals surface area contributed by atoms with E-state index in [4.69, 9.17) is 0 Å². The topological polar surface area (TPSA) is 74.2 Å². The number of phenolic OH excluding ortho intramolecular Hbond substituents is 1. The summed E-state index contributed by atoms with van der Waals surface area (Å²) in [6, 6.07) is 6.05. The number of nitrogens with zero attached hydrogens (tertiary/aromatic N) is 4. The molecule has 0 radical (unpaired) electrons. The van der Waals surface area contributed by atoms with Gasteiger partial charge in [-0.25, -0.2) is 4.98 Å². The van der Waals surface area contributed by atoms with E-state index >= 15 is 0 Å². The SMILES string of the molecule is Cc1nc(N[C@@H]2CCCN(CCCF)C2)nnc1-c1ccc2ccsc2c1O. The number of hydrogen-bond donors (Lipinski definition) is 2. The van der Waals surface area contributed by atoms with Gasteiger partial charge >= 0.3 is 0 Å². The smallest absolute Gasteiger partial charge is 0.243 e. The zero-order valence-corrected chi connectivity index (χ0v) is 16.7. The van der Waals surface area contributed by atoms with E-state index in [1.807, 2.05) is 30.5 Å². The van der Waals surface area contributed by atoms with Gasteiger partial charge in [0, 0.05) is 24.7 Å². The number of thiophene rings is 1. The lowest BCUT2D eigenvalue weighted by Gasteiger charge is -2.32. The number of aryl methyl sites for hydroxylation is 1. The molecule has 1 atom stereocenters. The van der Waals surface area contributed by atoms with Crippen LogP contribution in [-0.2, 0) is 0 Å². The molecule has 1 saturated heterocycles. The number of nitrogens with one attached hydrogen (secondary N) is 1. The third kappa shape index (κ3) is 3.93. The van der Waals surface area contributed by atoms with Crippen molar-refractivity contribution >= 4 is 27.4 Å². The molecule has 6 nitrogen and oxygen atoms in total. The van der Waals surface area contributed by atoms with E-state index in [1.54, 1.807) is 0 Å². The second-order valence-electron chi connectivity index (χ2n) is 7.20. The number of benzene rings is 1. The van der Waals surface area contributed by atoms with E-state index in [0.717, 1.165) is 42.6 Å². The highest BCUT2D eigenvalue weighted by Crippen LogP contribution is 2.38. The highest BCUT2D eigenvalue weighted by atomic mass is 32.1. The number of hydrogen-bond acceptors (Lipinski definition) is 7. The Balaban J connectivity index is 1.50. The maximum atomic E-state index is 12.4. The molecule has 0 aliphatic carbocycles. The second kappa shape index (κ2) is 8.36. The quantitative estimate of drug-likeness (QED) is 0.650. The van der Waals surface area contributed by atoms with Crippen LogP contribution in [0.1, 0.15) is 25.0 Å².